The summed E-state index contributed by atoms with van der Waals surface area (Å²) in [5.74, 6) is -0.00619. The molecule has 0 bridgehead atoms. The molecule has 4 nitrogen and oxygen atoms in total. The van der Waals surface area contributed by atoms with Gasteiger partial charge in [0.25, 0.3) is 0 Å². The highest BCUT2D eigenvalue weighted by Gasteiger charge is 2.30. The molecule has 0 fully saturated rings. The lowest BCUT2D eigenvalue weighted by Crippen LogP contribution is -2.24. The summed E-state index contributed by atoms with van der Waals surface area (Å²) in [5, 5.41) is 5.93. The van der Waals surface area contributed by atoms with E-state index in [0.29, 0.717) is 0 Å². The molecule has 0 saturated heterocycles. The molecular weight excluding hydrogens is 306 g/mol. The van der Waals surface area contributed by atoms with E-state index in [1.54, 1.807) is 7.05 Å². The highest BCUT2D eigenvalue weighted by molar-refractivity contribution is 9.10. The van der Waals surface area contributed by atoms with Crippen molar-refractivity contribution in [2.24, 2.45) is 0 Å². The zero-order valence-electron chi connectivity index (χ0n) is 11.2. The zero-order chi connectivity index (χ0) is 14.0. The maximum Gasteiger partial charge on any atom is 0.246 e. The van der Waals surface area contributed by atoms with Crippen LogP contribution in [0.1, 0.15) is 18.5 Å². The third-order valence-corrected chi connectivity index (χ3v) is 3.95. The van der Waals surface area contributed by atoms with Gasteiger partial charge in [-0.15, -0.1) is 6.58 Å². The van der Waals surface area contributed by atoms with E-state index in [0.717, 1.165) is 34.5 Å². The largest absolute Gasteiger partial charge is 0.367 e. The van der Waals surface area contributed by atoms with Crippen molar-refractivity contribution in [1.82, 2.24) is 5.32 Å². The van der Waals surface area contributed by atoms with E-state index in [1.165, 1.54) is 0 Å². The first-order valence-corrected chi connectivity index (χ1v) is 7.09. The standard InChI is InChI=1S/C14H18BrN3O/c1-4-6-18(5-2)12-8-11-9(7-10(12)15)13(16-3)14(19)17-11/h4,7-8,13,16H,1,5-6H2,2-3H3,(H,17,19). The zero-order valence-corrected chi connectivity index (χ0v) is 12.8. The number of fused-ring (bicyclic) bond motifs is 1. The summed E-state index contributed by atoms with van der Waals surface area (Å²) in [4.78, 5) is 14.0. The molecule has 1 amide bonds. The molecule has 1 aromatic rings. The highest BCUT2D eigenvalue weighted by Crippen LogP contribution is 2.38. The molecule has 0 spiro atoms. The molecule has 0 radical (unpaired) electrons. The lowest BCUT2D eigenvalue weighted by molar-refractivity contribution is -0.117. The van der Waals surface area contributed by atoms with Crippen LogP contribution in [0, 0.1) is 0 Å². The maximum atomic E-state index is 11.8. The third-order valence-electron chi connectivity index (χ3n) is 3.31. The van der Waals surface area contributed by atoms with Gasteiger partial charge in [-0.05, 0) is 42.0 Å². The number of carbonyl (C=O) groups is 1. The van der Waals surface area contributed by atoms with Gasteiger partial charge in [-0.3, -0.25) is 4.79 Å². The molecule has 1 atom stereocenters. The summed E-state index contributed by atoms with van der Waals surface area (Å²) in [7, 11) is 1.79. The topological polar surface area (TPSA) is 44.4 Å². The van der Waals surface area contributed by atoms with E-state index >= 15 is 0 Å². The number of halogens is 1. The van der Waals surface area contributed by atoms with E-state index in [1.807, 2.05) is 18.2 Å². The Morgan fingerprint density at radius 2 is 2.32 bits per heavy atom. The van der Waals surface area contributed by atoms with Crippen molar-refractivity contribution >= 4 is 33.2 Å². The van der Waals surface area contributed by atoms with Crippen LogP contribution >= 0.6 is 15.9 Å². The number of hydrogen-bond acceptors (Lipinski definition) is 3. The van der Waals surface area contributed by atoms with Crippen molar-refractivity contribution in [3.8, 4) is 0 Å². The van der Waals surface area contributed by atoms with E-state index < -0.39 is 0 Å². The summed E-state index contributed by atoms with van der Waals surface area (Å²) >= 11 is 3.60. The molecule has 0 aliphatic carbocycles. The first-order chi connectivity index (χ1) is 9.12. The van der Waals surface area contributed by atoms with Crippen LogP contribution in [0.5, 0.6) is 0 Å². The first kappa shape index (κ1) is 14.1. The summed E-state index contributed by atoms with van der Waals surface area (Å²) in [6.45, 7) is 7.53. The maximum absolute atomic E-state index is 11.8. The van der Waals surface area contributed by atoms with Crippen LogP contribution in [-0.4, -0.2) is 26.0 Å². The van der Waals surface area contributed by atoms with Crippen molar-refractivity contribution in [3.63, 3.8) is 0 Å². The molecule has 1 unspecified atom stereocenters. The summed E-state index contributed by atoms with van der Waals surface area (Å²) in [5.41, 5.74) is 2.93. The Bertz CT molecular complexity index is 516. The second kappa shape index (κ2) is 5.75. The smallest absolute Gasteiger partial charge is 0.246 e. The van der Waals surface area contributed by atoms with Crippen molar-refractivity contribution < 1.29 is 4.79 Å². The SMILES string of the molecule is C=CCN(CC)c1cc2c(cc1Br)C(NC)C(=O)N2. The van der Waals surface area contributed by atoms with Crippen molar-refractivity contribution in [1.29, 1.82) is 0 Å². The Morgan fingerprint density at radius 3 is 2.89 bits per heavy atom. The van der Waals surface area contributed by atoms with Crippen LogP contribution in [0.2, 0.25) is 0 Å². The number of hydrogen-bond donors (Lipinski definition) is 2. The van der Waals surface area contributed by atoms with Crippen LogP contribution < -0.4 is 15.5 Å². The number of anilines is 2. The van der Waals surface area contributed by atoms with Gasteiger partial charge in [0, 0.05) is 28.8 Å². The van der Waals surface area contributed by atoms with E-state index in [-0.39, 0.29) is 11.9 Å². The molecule has 1 aromatic carbocycles. The molecule has 5 heteroatoms. The van der Waals surface area contributed by atoms with E-state index in [4.69, 9.17) is 0 Å². The second-order valence-electron chi connectivity index (χ2n) is 4.43. The summed E-state index contributed by atoms with van der Waals surface area (Å²) in [6, 6.07) is 3.76. The van der Waals surface area contributed by atoms with Gasteiger partial charge in [-0.2, -0.15) is 0 Å². The fraction of sp³-hybridized carbons (Fsp3) is 0.357. The molecule has 1 heterocycles. The first-order valence-electron chi connectivity index (χ1n) is 6.29. The number of nitrogens with zero attached hydrogens (tertiary/aromatic N) is 1. The minimum atomic E-state index is -0.269. The molecule has 19 heavy (non-hydrogen) atoms. The minimum absolute atomic E-state index is 0.00619. The average molecular weight is 324 g/mol. The molecule has 0 aromatic heterocycles. The van der Waals surface area contributed by atoms with Gasteiger partial charge in [0.05, 0.1) is 5.69 Å². The van der Waals surface area contributed by atoms with Crippen molar-refractivity contribution in [3.05, 3.63) is 34.8 Å². The van der Waals surface area contributed by atoms with Crippen LogP contribution in [0.3, 0.4) is 0 Å². The quantitative estimate of drug-likeness (QED) is 0.819. The summed E-state index contributed by atoms with van der Waals surface area (Å²) in [6.07, 6.45) is 1.87. The predicted molar refractivity (Wildman–Crippen MR) is 82.7 cm³/mol. The van der Waals surface area contributed by atoms with Crippen LogP contribution in [0.4, 0.5) is 11.4 Å². The normalized spacial score (nSPS) is 17.0. The molecule has 1 aliphatic heterocycles. The van der Waals surface area contributed by atoms with Crippen LogP contribution in [0.25, 0.3) is 0 Å². The second-order valence-corrected chi connectivity index (χ2v) is 5.28. The number of rotatable bonds is 5. The average Bonchev–Trinajstić information content (AvgIpc) is 2.70. The Morgan fingerprint density at radius 1 is 1.58 bits per heavy atom. The van der Waals surface area contributed by atoms with Gasteiger partial charge >= 0.3 is 0 Å². The van der Waals surface area contributed by atoms with Gasteiger partial charge in [0.1, 0.15) is 6.04 Å². The molecule has 1 aliphatic rings. The van der Waals surface area contributed by atoms with Gasteiger partial charge < -0.3 is 15.5 Å². The lowest BCUT2D eigenvalue weighted by Gasteiger charge is -2.23. The Balaban J connectivity index is 2.43. The molecular formula is C14H18BrN3O. The Hall–Kier alpha value is -1.33. The molecule has 2 rings (SSSR count). The number of likely N-dealkylation sites (N-methyl/N-ethyl adjacent to an activating group) is 2. The van der Waals surface area contributed by atoms with Gasteiger partial charge in [-0.1, -0.05) is 6.08 Å². The molecule has 0 saturated carbocycles. The lowest BCUT2D eigenvalue weighted by atomic mass is 10.1. The minimum Gasteiger partial charge on any atom is -0.367 e. The number of nitrogens with one attached hydrogen (secondary N) is 2. The molecule has 102 valence electrons. The third kappa shape index (κ3) is 2.53. The molecule has 2 N–H and O–H groups in total. The van der Waals surface area contributed by atoms with Crippen LogP contribution in [0.15, 0.2) is 29.3 Å². The van der Waals surface area contributed by atoms with E-state index in [2.05, 4.69) is 45.0 Å². The van der Waals surface area contributed by atoms with Gasteiger partial charge in [0.2, 0.25) is 5.91 Å². The van der Waals surface area contributed by atoms with Gasteiger partial charge in [0.15, 0.2) is 0 Å². The monoisotopic (exact) mass is 323 g/mol. The van der Waals surface area contributed by atoms with Crippen LogP contribution in [-0.2, 0) is 4.79 Å². The Kier molecular flexibility index (Phi) is 4.27. The summed E-state index contributed by atoms with van der Waals surface area (Å²) < 4.78 is 0.992. The fourth-order valence-corrected chi connectivity index (χ4v) is 2.96. The van der Waals surface area contributed by atoms with Gasteiger partial charge in [-0.25, -0.2) is 0 Å². The predicted octanol–water partition coefficient (Wildman–Crippen LogP) is 2.67. The van der Waals surface area contributed by atoms with Crippen molar-refractivity contribution in [2.75, 3.05) is 30.4 Å². The van der Waals surface area contributed by atoms with E-state index in [9.17, 15) is 4.79 Å². The number of carbonyl (C=O) groups excluding carboxylic acids is 1. The fourth-order valence-electron chi connectivity index (χ4n) is 2.35. The highest BCUT2D eigenvalue weighted by atomic mass is 79.9. The number of benzene rings is 1. The van der Waals surface area contributed by atoms with Crippen molar-refractivity contribution in [2.45, 2.75) is 13.0 Å². The number of amides is 1. The Labute approximate surface area is 122 Å².